The molecule has 1 aliphatic carbocycles. The van der Waals surface area contributed by atoms with Gasteiger partial charge in [0.25, 0.3) is 0 Å². The average Bonchev–Trinajstić information content (AvgIpc) is 2.31. The topological polar surface area (TPSA) is 0 Å². The average molecular weight is 160 g/mol. The zero-order valence-electron chi connectivity index (χ0n) is 8.09. The SMILES string of the molecule is Cc1ccc2c(c1)[C@@H](C)C(C)C2. The lowest BCUT2D eigenvalue weighted by Crippen LogP contribution is -1.97. The molecule has 0 aliphatic heterocycles. The Morgan fingerprint density at radius 2 is 2.00 bits per heavy atom. The molecule has 1 unspecified atom stereocenters. The molecule has 1 aliphatic rings. The molecule has 0 aromatic heterocycles. The van der Waals surface area contributed by atoms with E-state index >= 15 is 0 Å². The highest BCUT2D eigenvalue weighted by Gasteiger charge is 2.24. The van der Waals surface area contributed by atoms with E-state index < -0.39 is 0 Å². The van der Waals surface area contributed by atoms with Crippen molar-refractivity contribution in [2.75, 3.05) is 0 Å². The minimum atomic E-state index is 0.764. The molecule has 0 spiro atoms. The molecule has 0 heteroatoms. The van der Waals surface area contributed by atoms with Gasteiger partial charge in [0.15, 0.2) is 0 Å². The zero-order valence-corrected chi connectivity index (χ0v) is 8.09. The lowest BCUT2D eigenvalue weighted by atomic mass is 9.96. The molecule has 0 fully saturated rings. The van der Waals surface area contributed by atoms with E-state index in [1.54, 1.807) is 11.1 Å². The Morgan fingerprint density at radius 3 is 2.75 bits per heavy atom. The van der Waals surface area contributed by atoms with Crippen LogP contribution in [0.1, 0.15) is 36.5 Å². The van der Waals surface area contributed by atoms with E-state index in [1.165, 1.54) is 12.0 Å². The Balaban J connectivity index is 2.48. The fraction of sp³-hybridized carbons (Fsp3) is 0.500. The van der Waals surface area contributed by atoms with E-state index in [1.807, 2.05) is 0 Å². The van der Waals surface area contributed by atoms with E-state index in [0.29, 0.717) is 0 Å². The second kappa shape index (κ2) is 2.62. The van der Waals surface area contributed by atoms with Crippen LogP contribution in [0.3, 0.4) is 0 Å². The van der Waals surface area contributed by atoms with Crippen molar-refractivity contribution in [3.63, 3.8) is 0 Å². The Hall–Kier alpha value is -0.780. The van der Waals surface area contributed by atoms with Crippen LogP contribution >= 0.6 is 0 Å². The molecule has 0 saturated carbocycles. The predicted octanol–water partition coefficient (Wildman–Crippen LogP) is 3.29. The van der Waals surface area contributed by atoms with Crippen molar-refractivity contribution in [2.45, 2.75) is 33.1 Å². The fourth-order valence-electron chi connectivity index (χ4n) is 2.15. The fourth-order valence-corrected chi connectivity index (χ4v) is 2.15. The van der Waals surface area contributed by atoms with E-state index in [9.17, 15) is 0 Å². The van der Waals surface area contributed by atoms with Crippen molar-refractivity contribution in [3.8, 4) is 0 Å². The summed E-state index contributed by atoms with van der Waals surface area (Å²) in [7, 11) is 0. The van der Waals surface area contributed by atoms with Gasteiger partial charge < -0.3 is 0 Å². The van der Waals surface area contributed by atoms with E-state index in [0.717, 1.165) is 11.8 Å². The third-order valence-corrected chi connectivity index (χ3v) is 3.19. The molecule has 0 N–H and O–H groups in total. The van der Waals surface area contributed by atoms with E-state index in [2.05, 4.69) is 39.0 Å². The van der Waals surface area contributed by atoms with Crippen LogP contribution in [0.25, 0.3) is 0 Å². The van der Waals surface area contributed by atoms with Gasteiger partial charge in [-0.3, -0.25) is 0 Å². The third kappa shape index (κ3) is 1.06. The highest BCUT2D eigenvalue weighted by Crippen LogP contribution is 2.37. The molecular weight excluding hydrogens is 144 g/mol. The first-order valence-electron chi connectivity index (χ1n) is 4.78. The molecule has 2 atom stereocenters. The maximum atomic E-state index is 2.35. The highest BCUT2D eigenvalue weighted by molar-refractivity contribution is 5.38. The molecular formula is C12H16. The van der Waals surface area contributed by atoms with E-state index in [4.69, 9.17) is 0 Å². The summed E-state index contributed by atoms with van der Waals surface area (Å²) >= 11 is 0. The van der Waals surface area contributed by atoms with Crippen LogP contribution in [-0.2, 0) is 6.42 Å². The Kier molecular flexibility index (Phi) is 1.71. The summed E-state index contributed by atoms with van der Waals surface area (Å²) in [6.07, 6.45) is 1.27. The number of fused-ring (bicyclic) bond motifs is 1. The number of benzene rings is 1. The number of hydrogen-bond acceptors (Lipinski definition) is 0. The molecule has 64 valence electrons. The van der Waals surface area contributed by atoms with Crippen molar-refractivity contribution in [1.82, 2.24) is 0 Å². The summed E-state index contributed by atoms with van der Waals surface area (Å²) in [5.74, 6) is 1.60. The van der Waals surface area contributed by atoms with Crippen molar-refractivity contribution in [1.29, 1.82) is 0 Å². The first-order valence-corrected chi connectivity index (χ1v) is 4.78. The second-order valence-corrected chi connectivity index (χ2v) is 4.17. The van der Waals surface area contributed by atoms with Crippen LogP contribution in [0.15, 0.2) is 18.2 Å². The Bertz CT molecular complexity index is 299. The van der Waals surface area contributed by atoms with Crippen LogP contribution in [-0.4, -0.2) is 0 Å². The molecule has 2 rings (SSSR count). The lowest BCUT2D eigenvalue weighted by molar-refractivity contribution is 0.532. The van der Waals surface area contributed by atoms with Crippen LogP contribution in [0.4, 0.5) is 0 Å². The Morgan fingerprint density at radius 1 is 1.25 bits per heavy atom. The van der Waals surface area contributed by atoms with Crippen LogP contribution in [0.5, 0.6) is 0 Å². The summed E-state index contributed by atoms with van der Waals surface area (Å²) in [6, 6.07) is 6.87. The normalized spacial score (nSPS) is 27.2. The number of aryl methyl sites for hydroxylation is 1. The quantitative estimate of drug-likeness (QED) is 0.546. The van der Waals surface area contributed by atoms with Gasteiger partial charge in [-0.25, -0.2) is 0 Å². The molecule has 0 saturated heterocycles. The maximum absolute atomic E-state index is 2.35. The van der Waals surface area contributed by atoms with Crippen LogP contribution < -0.4 is 0 Å². The molecule has 1 aromatic carbocycles. The van der Waals surface area contributed by atoms with Crippen molar-refractivity contribution in [2.24, 2.45) is 5.92 Å². The first-order chi connectivity index (χ1) is 5.68. The molecule has 0 nitrogen and oxygen atoms in total. The van der Waals surface area contributed by atoms with Gasteiger partial charge in [0.2, 0.25) is 0 Å². The zero-order chi connectivity index (χ0) is 8.72. The summed E-state index contributed by atoms with van der Waals surface area (Å²) < 4.78 is 0. The minimum absolute atomic E-state index is 0.764. The monoisotopic (exact) mass is 160 g/mol. The summed E-state index contributed by atoms with van der Waals surface area (Å²) in [5.41, 5.74) is 4.55. The van der Waals surface area contributed by atoms with Gasteiger partial charge in [-0.15, -0.1) is 0 Å². The van der Waals surface area contributed by atoms with Crippen molar-refractivity contribution >= 4 is 0 Å². The van der Waals surface area contributed by atoms with Crippen molar-refractivity contribution in [3.05, 3.63) is 34.9 Å². The third-order valence-electron chi connectivity index (χ3n) is 3.19. The highest BCUT2D eigenvalue weighted by atomic mass is 14.3. The van der Waals surface area contributed by atoms with Gasteiger partial charge in [-0.2, -0.15) is 0 Å². The molecule has 0 heterocycles. The van der Waals surface area contributed by atoms with Gasteiger partial charge in [-0.05, 0) is 36.3 Å². The molecule has 0 amide bonds. The van der Waals surface area contributed by atoms with Crippen molar-refractivity contribution < 1.29 is 0 Å². The molecule has 1 aromatic rings. The van der Waals surface area contributed by atoms with Gasteiger partial charge >= 0.3 is 0 Å². The molecule has 0 bridgehead atoms. The lowest BCUT2D eigenvalue weighted by Gasteiger charge is -2.09. The Labute approximate surface area is 74.6 Å². The second-order valence-electron chi connectivity index (χ2n) is 4.17. The largest absolute Gasteiger partial charge is 0.0616 e. The number of hydrogen-bond donors (Lipinski definition) is 0. The van der Waals surface area contributed by atoms with Gasteiger partial charge in [-0.1, -0.05) is 37.6 Å². The molecule has 0 radical (unpaired) electrons. The summed E-state index contributed by atoms with van der Waals surface area (Å²) in [4.78, 5) is 0. The summed E-state index contributed by atoms with van der Waals surface area (Å²) in [6.45, 7) is 6.87. The first kappa shape index (κ1) is 7.85. The maximum Gasteiger partial charge on any atom is -0.0159 e. The minimum Gasteiger partial charge on any atom is -0.0616 e. The standard InChI is InChI=1S/C12H16/c1-8-4-5-11-7-9(2)10(3)12(11)6-8/h4-6,9-10H,7H2,1-3H3/t9?,10-/m0/s1. The summed E-state index contributed by atoms with van der Waals surface area (Å²) in [5, 5.41) is 0. The number of rotatable bonds is 0. The van der Waals surface area contributed by atoms with Crippen LogP contribution in [0.2, 0.25) is 0 Å². The van der Waals surface area contributed by atoms with Crippen LogP contribution in [0, 0.1) is 12.8 Å². The van der Waals surface area contributed by atoms with Gasteiger partial charge in [0.05, 0.1) is 0 Å². The smallest absolute Gasteiger partial charge is 0.0159 e. The van der Waals surface area contributed by atoms with E-state index in [-0.39, 0.29) is 0 Å². The molecule has 12 heavy (non-hydrogen) atoms. The van der Waals surface area contributed by atoms with Gasteiger partial charge in [0.1, 0.15) is 0 Å². The van der Waals surface area contributed by atoms with Gasteiger partial charge in [0, 0.05) is 0 Å². The predicted molar refractivity (Wildman–Crippen MR) is 52.5 cm³/mol.